The number of unbranched alkanes of at least 4 members (excludes halogenated alkanes) is 19. The zero-order chi connectivity index (χ0) is 30.2. The van der Waals surface area contributed by atoms with E-state index in [4.69, 9.17) is 4.74 Å². The highest BCUT2D eigenvalue weighted by Gasteiger charge is 2.20. The summed E-state index contributed by atoms with van der Waals surface area (Å²) in [5.41, 5.74) is 0. The summed E-state index contributed by atoms with van der Waals surface area (Å²) in [4.78, 5) is 36.4. The molecule has 1 atom stereocenters. The fourth-order valence-electron chi connectivity index (χ4n) is 4.97. The Balaban J connectivity index is 3.75. The van der Waals surface area contributed by atoms with E-state index in [1.54, 1.807) is 0 Å². The third-order valence-electron chi connectivity index (χ3n) is 7.63. The van der Waals surface area contributed by atoms with Crippen LogP contribution < -0.4 is 21.3 Å². The molecule has 4 N–H and O–H groups in total. The number of carbonyl (C=O) groups is 3. The van der Waals surface area contributed by atoms with Gasteiger partial charge in [-0.15, -0.1) is 0 Å². The van der Waals surface area contributed by atoms with Crippen LogP contribution in [0, 0.1) is 0 Å². The molecule has 0 unspecified atom stereocenters. The van der Waals surface area contributed by atoms with Gasteiger partial charge in [0.25, 0.3) is 0 Å². The van der Waals surface area contributed by atoms with Crippen molar-refractivity contribution >= 4 is 18.0 Å². The molecule has 0 aromatic heterocycles. The first-order chi connectivity index (χ1) is 20.0. The van der Waals surface area contributed by atoms with E-state index in [9.17, 15) is 14.4 Å². The molecule has 0 aliphatic rings. The Kier molecular flexibility index (Phi) is 29.5. The number of rotatable bonds is 29. The molecule has 8 heteroatoms. The first kappa shape index (κ1) is 39.0. The molecule has 0 aliphatic carbocycles. The van der Waals surface area contributed by atoms with Crippen LogP contribution in [0.25, 0.3) is 0 Å². The number of ether oxygens (including phenoxy) is 1. The Morgan fingerprint density at radius 1 is 0.488 bits per heavy atom. The summed E-state index contributed by atoms with van der Waals surface area (Å²) in [6.45, 7) is 6.33. The van der Waals surface area contributed by atoms with Crippen LogP contribution in [0.5, 0.6) is 0 Å². The molecule has 0 fully saturated rings. The number of amides is 4. The first-order valence-electron chi connectivity index (χ1n) is 17.2. The monoisotopic (exact) mass is 583 g/mol. The number of hydrogen-bond acceptors (Lipinski definition) is 4. The van der Waals surface area contributed by atoms with Crippen LogP contribution >= 0.6 is 0 Å². The van der Waals surface area contributed by atoms with Crippen LogP contribution in [-0.2, 0) is 9.53 Å². The number of methoxy groups -OCH3 is 1. The Morgan fingerprint density at radius 2 is 0.829 bits per heavy atom. The molecule has 0 radical (unpaired) electrons. The van der Waals surface area contributed by atoms with E-state index in [0.717, 1.165) is 32.1 Å². The van der Waals surface area contributed by atoms with Crippen molar-refractivity contribution in [1.82, 2.24) is 21.3 Å². The van der Waals surface area contributed by atoms with Gasteiger partial charge in [0, 0.05) is 19.6 Å². The maximum Gasteiger partial charge on any atom is 0.328 e. The fraction of sp³-hybridized carbons (Fsp3) is 0.909. The smallest absolute Gasteiger partial charge is 0.328 e. The molecule has 0 spiro atoms. The molecule has 0 heterocycles. The SMILES string of the molecule is CCCCCCCCCCCCNC(=O)NCCCC[C@H](NC(=O)NCCCCCCCCCCCC)C(=O)OC. The van der Waals surface area contributed by atoms with Crippen molar-refractivity contribution in [3.05, 3.63) is 0 Å². The summed E-state index contributed by atoms with van der Waals surface area (Å²) in [5.74, 6) is -0.443. The predicted octanol–water partition coefficient (Wildman–Crippen LogP) is 8.14. The Bertz CT molecular complexity index is 618. The number of urea groups is 2. The lowest BCUT2D eigenvalue weighted by Gasteiger charge is -2.17. The molecule has 0 saturated carbocycles. The summed E-state index contributed by atoms with van der Waals surface area (Å²) in [5, 5.41) is 11.4. The van der Waals surface area contributed by atoms with E-state index in [1.807, 2.05) is 0 Å². The van der Waals surface area contributed by atoms with Crippen LogP contribution in [0.1, 0.15) is 162 Å². The van der Waals surface area contributed by atoms with E-state index in [1.165, 1.54) is 110 Å². The van der Waals surface area contributed by atoms with Gasteiger partial charge in [0.05, 0.1) is 7.11 Å². The van der Waals surface area contributed by atoms with Crippen molar-refractivity contribution in [2.45, 2.75) is 168 Å². The van der Waals surface area contributed by atoms with Gasteiger partial charge in [-0.1, -0.05) is 129 Å². The van der Waals surface area contributed by atoms with Gasteiger partial charge in [-0.2, -0.15) is 0 Å². The Labute approximate surface area is 252 Å². The molecule has 0 saturated heterocycles. The molecule has 4 amide bonds. The normalized spacial score (nSPS) is 11.6. The summed E-state index contributed by atoms with van der Waals surface area (Å²) in [6, 6.07) is -1.16. The topological polar surface area (TPSA) is 109 Å². The fourth-order valence-corrected chi connectivity index (χ4v) is 4.97. The van der Waals surface area contributed by atoms with Gasteiger partial charge in [-0.3, -0.25) is 0 Å². The van der Waals surface area contributed by atoms with Crippen molar-refractivity contribution in [1.29, 1.82) is 0 Å². The van der Waals surface area contributed by atoms with Gasteiger partial charge >= 0.3 is 18.0 Å². The lowest BCUT2D eigenvalue weighted by Crippen LogP contribution is -2.46. The number of esters is 1. The summed E-state index contributed by atoms with van der Waals surface area (Å²) in [7, 11) is 1.33. The van der Waals surface area contributed by atoms with E-state index in [2.05, 4.69) is 35.1 Å². The molecule has 242 valence electrons. The average Bonchev–Trinajstić information content (AvgIpc) is 2.97. The van der Waals surface area contributed by atoms with Crippen LogP contribution in [-0.4, -0.2) is 50.8 Å². The number of carbonyl (C=O) groups excluding carboxylic acids is 3. The Morgan fingerprint density at radius 3 is 1.22 bits per heavy atom. The second-order valence-corrected chi connectivity index (χ2v) is 11.5. The van der Waals surface area contributed by atoms with Crippen molar-refractivity contribution in [3.8, 4) is 0 Å². The largest absolute Gasteiger partial charge is 0.467 e. The molecule has 8 nitrogen and oxygen atoms in total. The van der Waals surface area contributed by atoms with E-state index in [0.29, 0.717) is 32.5 Å². The molecule has 0 rings (SSSR count). The second-order valence-electron chi connectivity index (χ2n) is 11.5. The molecular formula is C33H66N4O4. The van der Waals surface area contributed by atoms with E-state index in [-0.39, 0.29) is 12.1 Å². The third-order valence-corrected chi connectivity index (χ3v) is 7.63. The molecular weight excluding hydrogens is 516 g/mol. The number of nitrogens with one attached hydrogen (secondary N) is 4. The van der Waals surface area contributed by atoms with Gasteiger partial charge in [-0.05, 0) is 32.1 Å². The van der Waals surface area contributed by atoms with Gasteiger partial charge in [0.2, 0.25) is 0 Å². The molecule has 41 heavy (non-hydrogen) atoms. The molecule has 0 bridgehead atoms. The highest BCUT2D eigenvalue weighted by atomic mass is 16.5. The van der Waals surface area contributed by atoms with Crippen molar-refractivity contribution in [3.63, 3.8) is 0 Å². The minimum absolute atomic E-state index is 0.144. The van der Waals surface area contributed by atoms with Crippen LogP contribution in [0.15, 0.2) is 0 Å². The maximum atomic E-state index is 12.3. The van der Waals surface area contributed by atoms with E-state index < -0.39 is 12.0 Å². The minimum atomic E-state index is -0.683. The summed E-state index contributed by atoms with van der Waals surface area (Å²) < 4.78 is 4.86. The highest BCUT2D eigenvalue weighted by molar-refractivity contribution is 5.83. The molecule has 0 aliphatic heterocycles. The maximum absolute atomic E-state index is 12.3. The van der Waals surface area contributed by atoms with Crippen molar-refractivity contribution in [2.24, 2.45) is 0 Å². The van der Waals surface area contributed by atoms with Gasteiger partial charge in [0.1, 0.15) is 6.04 Å². The van der Waals surface area contributed by atoms with Crippen LogP contribution in [0.2, 0.25) is 0 Å². The minimum Gasteiger partial charge on any atom is -0.467 e. The average molecular weight is 583 g/mol. The standard InChI is InChI=1S/C33H66N4O4/c1-4-6-8-10-12-14-16-18-20-23-27-34-32(39)35-29-25-22-26-30(31(38)41-3)37-33(40)36-28-24-21-19-17-15-13-11-9-7-5-2/h30H,4-29H2,1-3H3,(H2,34,35,39)(H2,36,37,40)/t30-/m0/s1. The zero-order valence-electron chi connectivity index (χ0n) is 27.1. The summed E-state index contributed by atoms with van der Waals surface area (Å²) >= 11 is 0. The quantitative estimate of drug-likeness (QED) is 0.0527. The highest BCUT2D eigenvalue weighted by Crippen LogP contribution is 2.11. The van der Waals surface area contributed by atoms with Crippen LogP contribution in [0.4, 0.5) is 9.59 Å². The van der Waals surface area contributed by atoms with E-state index >= 15 is 0 Å². The molecule has 0 aromatic carbocycles. The van der Waals surface area contributed by atoms with Crippen LogP contribution in [0.3, 0.4) is 0 Å². The lowest BCUT2D eigenvalue weighted by atomic mass is 10.1. The number of hydrogen-bond donors (Lipinski definition) is 4. The van der Waals surface area contributed by atoms with Gasteiger partial charge < -0.3 is 26.0 Å². The second kappa shape index (κ2) is 31.0. The van der Waals surface area contributed by atoms with Crippen molar-refractivity contribution < 1.29 is 19.1 Å². The van der Waals surface area contributed by atoms with Gasteiger partial charge in [0.15, 0.2) is 0 Å². The predicted molar refractivity (Wildman–Crippen MR) is 171 cm³/mol. The lowest BCUT2D eigenvalue weighted by molar-refractivity contribution is -0.143. The van der Waals surface area contributed by atoms with Gasteiger partial charge in [-0.25, -0.2) is 14.4 Å². The Hall–Kier alpha value is -1.99. The summed E-state index contributed by atoms with van der Waals surface area (Å²) in [6.07, 6.45) is 27.2. The molecule has 0 aromatic rings. The van der Waals surface area contributed by atoms with Crippen molar-refractivity contribution in [2.75, 3.05) is 26.7 Å². The third kappa shape index (κ3) is 27.9. The zero-order valence-corrected chi connectivity index (χ0v) is 27.1. The first-order valence-corrected chi connectivity index (χ1v) is 17.2.